The number of carbonyl (C=O) groups is 1. The summed E-state index contributed by atoms with van der Waals surface area (Å²) in [6.45, 7) is 4.57. The van der Waals surface area contributed by atoms with E-state index in [0.29, 0.717) is 18.8 Å². The van der Waals surface area contributed by atoms with Crippen LogP contribution in [0.4, 0.5) is 0 Å². The molecule has 0 aromatic carbocycles. The van der Waals surface area contributed by atoms with Crippen LogP contribution in [-0.2, 0) is 9.53 Å². The third-order valence-electron chi connectivity index (χ3n) is 5.25. The number of carbonyl (C=O) groups excluding carboxylic acids is 1. The third kappa shape index (κ3) is 23.8. The summed E-state index contributed by atoms with van der Waals surface area (Å²) >= 11 is 5.51. The number of hydrogen-bond acceptors (Lipinski definition) is 2. The summed E-state index contributed by atoms with van der Waals surface area (Å²) in [5, 5.41) is 2.84. The van der Waals surface area contributed by atoms with Crippen molar-refractivity contribution in [2.45, 2.75) is 122 Å². The Balaban J connectivity index is 3.02. The van der Waals surface area contributed by atoms with Crippen LogP contribution >= 0.6 is 11.6 Å². The van der Waals surface area contributed by atoms with Gasteiger partial charge in [0.1, 0.15) is 0 Å². The standard InChI is InChI=1S/C24H48ClNO2/c1-2-3-4-5-6-7-8-9-10-11-12-13-14-15-16-17-22-28-23-18-21-26-24(27)19-20-25/h2-23H2,1H3,(H,26,27). The molecule has 0 aliphatic carbocycles. The van der Waals surface area contributed by atoms with E-state index in [1.165, 1.54) is 96.3 Å². The molecule has 28 heavy (non-hydrogen) atoms. The zero-order valence-electron chi connectivity index (χ0n) is 18.8. The van der Waals surface area contributed by atoms with E-state index in [-0.39, 0.29) is 5.91 Å². The fraction of sp³-hybridized carbons (Fsp3) is 0.958. The zero-order valence-corrected chi connectivity index (χ0v) is 19.5. The summed E-state index contributed by atoms with van der Waals surface area (Å²) in [5.74, 6) is 0.425. The number of rotatable bonds is 23. The number of hydrogen-bond donors (Lipinski definition) is 1. The molecule has 0 saturated heterocycles. The summed E-state index contributed by atoms with van der Waals surface area (Å²) < 4.78 is 5.62. The summed E-state index contributed by atoms with van der Waals surface area (Å²) in [6.07, 6.45) is 23.6. The van der Waals surface area contributed by atoms with E-state index in [2.05, 4.69) is 12.2 Å². The van der Waals surface area contributed by atoms with Gasteiger partial charge in [0.15, 0.2) is 0 Å². The fourth-order valence-corrected chi connectivity index (χ4v) is 3.60. The van der Waals surface area contributed by atoms with Gasteiger partial charge in [-0.2, -0.15) is 0 Å². The minimum Gasteiger partial charge on any atom is -0.381 e. The molecule has 0 fully saturated rings. The van der Waals surface area contributed by atoms with Crippen LogP contribution < -0.4 is 5.32 Å². The lowest BCUT2D eigenvalue weighted by molar-refractivity contribution is -0.120. The predicted molar refractivity (Wildman–Crippen MR) is 123 cm³/mol. The van der Waals surface area contributed by atoms with Crippen molar-refractivity contribution in [3.63, 3.8) is 0 Å². The Kier molecular flexibility index (Phi) is 24.5. The summed E-state index contributed by atoms with van der Waals surface area (Å²) in [7, 11) is 0. The highest BCUT2D eigenvalue weighted by Gasteiger charge is 1.98. The predicted octanol–water partition coefficient (Wildman–Crippen LogP) is 7.40. The van der Waals surface area contributed by atoms with Crippen LogP contribution in [0.5, 0.6) is 0 Å². The first-order valence-electron chi connectivity index (χ1n) is 12.2. The number of alkyl halides is 1. The number of unbranched alkanes of at least 4 members (excludes halogenated alkanes) is 15. The molecule has 0 aromatic heterocycles. The van der Waals surface area contributed by atoms with Crippen LogP contribution in [0.1, 0.15) is 122 Å². The molecule has 0 spiro atoms. The van der Waals surface area contributed by atoms with E-state index in [1.807, 2.05) is 0 Å². The SMILES string of the molecule is CCCCCCCCCCCCCCCCCCOCCCNC(=O)CCCl. The van der Waals surface area contributed by atoms with Crippen LogP contribution in [0.15, 0.2) is 0 Å². The van der Waals surface area contributed by atoms with Crippen LogP contribution in [-0.4, -0.2) is 31.5 Å². The average Bonchev–Trinajstić information content (AvgIpc) is 2.69. The van der Waals surface area contributed by atoms with Crippen molar-refractivity contribution in [3.05, 3.63) is 0 Å². The van der Waals surface area contributed by atoms with Gasteiger partial charge in [0, 0.05) is 32.1 Å². The van der Waals surface area contributed by atoms with Crippen LogP contribution in [0.3, 0.4) is 0 Å². The minimum absolute atomic E-state index is 0.0350. The monoisotopic (exact) mass is 417 g/mol. The molecule has 1 amide bonds. The first-order valence-corrected chi connectivity index (χ1v) is 12.7. The van der Waals surface area contributed by atoms with Gasteiger partial charge in [-0.05, 0) is 12.8 Å². The second-order valence-electron chi connectivity index (χ2n) is 8.06. The van der Waals surface area contributed by atoms with E-state index in [9.17, 15) is 4.79 Å². The highest BCUT2D eigenvalue weighted by Crippen LogP contribution is 2.13. The van der Waals surface area contributed by atoms with Gasteiger partial charge >= 0.3 is 0 Å². The Hall–Kier alpha value is -0.280. The van der Waals surface area contributed by atoms with E-state index in [1.54, 1.807) is 0 Å². The number of halogens is 1. The summed E-state index contributed by atoms with van der Waals surface area (Å²) in [6, 6.07) is 0. The van der Waals surface area contributed by atoms with Crippen molar-refractivity contribution in [1.82, 2.24) is 5.32 Å². The van der Waals surface area contributed by atoms with Gasteiger partial charge in [-0.3, -0.25) is 4.79 Å². The Morgan fingerprint density at radius 3 is 1.57 bits per heavy atom. The lowest BCUT2D eigenvalue weighted by atomic mass is 10.0. The van der Waals surface area contributed by atoms with Gasteiger partial charge in [0.2, 0.25) is 5.91 Å². The zero-order chi connectivity index (χ0) is 20.5. The molecular formula is C24H48ClNO2. The Morgan fingerprint density at radius 1 is 0.679 bits per heavy atom. The molecule has 4 heteroatoms. The van der Waals surface area contributed by atoms with E-state index in [0.717, 1.165) is 26.1 Å². The molecule has 3 nitrogen and oxygen atoms in total. The van der Waals surface area contributed by atoms with Crippen molar-refractivity contribution >= 4 is 17.5 Å². The molecule has 0 saturated carbocycles. The molecule has 0 bridgehead atoms. The van der Waals surface area contributed by atoms with Crippen molar-refractivity contribution in [2.24, 2.45) is 0 Å². The number of amides is 1. The van der Waals surface area contributed by atoms with Crippen LogP contribution in [0.2, 0.25) is 0 Å². The Bertz CT molecular complexity index is 313. The van der Waals surface area contributed by atoms with Crippen LogP contribution in [0, 0.1) is 0 Å². The third-order valence-corrected chi connectivity index (χ3v) is 5.44. The maximum atomic E-state index is 11.2. The average molecular weight is 418 g/mol. The van der Waals surface area contributed by atoms with Crippen molar-refractivity contribution < 1.29 is 9.53 Å². The molecule has 0 unspecified atom stereocenters. The van der Waals surface area contributed by atoms with E-state index >= 15 is 0 Å². The number of ether oxygens (including phenoxy) is 1. The fourth-order valence-electron chi connectivity index (χ4n) is 3.43. The van der Waals surface area contributed by atoms with Gasteiger partial charge in [0.05, 0.1) is 0 Å². The van der Waals surface area contributed by atoms with Crippen molar-refractivity contribution in [2.75, 3.05) is 25.6 Å². The highest BCUT2D eigenvalue weighted by atomic mass is 35.5. The summed E-state index contributed by atoms with van der Waals surface area (Å²) in [5.41, 5.74) is 0. The molecule has 0 atom stereocenters. The molecule has 0 radical (unpaired) electrons. The first kappa shape index (κ1) is 27.7. The molecule has 0 heterocycles. The van der Waals surface area contributed by atoms with E-state index in [4.69, 9.17) is 16.3 Å². The molecular weight excluding hydrogens is 370 g/mol. The molecule has 168 valence electrons. The molecule has 0 aliphatic rings. The Labute approximate surface area is 180 Å². The van der Waals surface area contributed by atoms with Gasteiger partial charge in [0.25, 0.3) is 0 Å². The topological polar surface area (TPSA) is 38.3 Å². The van der Waals surface area contributed by atoms with Crippen LogP contribution in [0.25, 0.3) is 0 Å². The van der Waals surface area contributed by atoms with Crippen molar-refractivity contribution in [3.8, 4) is 0 Å². The number of nitrogens with one attached hydrogen (secondary N) is 1. The normalized spacial score (nSPS) is 11.1. The van der Waals surface area contributed by atoms with Gasteiger partial charge < -0.3 is 10.1 Å². The first-order chi connectivity index (χ1) is 13.8. The van der Waals surface area contributed by atoms with E-state index < -0.39 is 0 Å². The quantitative estimate of drug-likeness (QED) is 0.139. The second kappa shape index (κ2) is 24.8. The van der Waals surface area contributed by atoms with Gasteiger partial charge in [-0.1, -0.05) is 103 Å². The second-order valence-corrected chi connectivity index (χ2v) is 8.44. The maximum Gasteiger partial charge on any atom is 0.221 e. The van der Waals surface area contributed by atoms with Crippen molar-refractivity contribution in [1.29, 1.82) is 0 Å². The Morgan fingerprint density at radius 2 is 1.11 bits per heavy atom. The lowest BCUT2D eigenvalue weighted by Crippen LogP contribution is -2.25. The minimum atomic E-state index is 0.0350. The summed E-state index contributed by atoms with van der Waals surface area (Å²) in [4.78, 5) is 11.2. The molecule has 0 aliphatic heterocycles. The molecule has 0 rings (SSSR count). The molecule has 0 aromatic rings. The smallest absolute Gasteiger partial charge is 0.221 e. The largest absolute Gasteiger partial charge is 0.381 e. The van der Waals surface area contributed by atoms with Gasteiger partial charge in [-0.25, -0.2) is 0 Å². The molecule has 1 N–H and O–H groups in total. The lowest BCUT2D eigenvalue weighted by Gasteiger charge is -2.06. The highest BCUT2D eigenvalue weighted by molar-refractivity contribution is 6.18. The van der Waals surface area contributed by atoms with Gasteiger partial charge in [-0.15, -0.1) is 11.6 Å². The maximum absolute atomic E-state index is 11.2.